The molecule has 1 unspecified atom stereocenters. The molecule has 0 spiro atoms. The number of carbonyl (C=O) groups excluding carboxylic acids is 1. The Balaban J connectivity index is 1.79. The summed E-state index contributed by atoms with van der Waals surface area (Å²) in [5.74, 6) is 0.786. The smallest absolute Gasteiger partial charge is 0.317 e. The van der Waals surface area contributed by atoms with Crippen LogP contribution in [0.25, 0.3) is 0 Å². The summed E-state index contributed by atoms with van der Waals surface area (Å²) < 4.78 is 0. The summed E-state index contributed by atoms with van der Waals surface area (Å²) in [6, 6.07) is 0.657. The van der Waals surface area contributed by atoms with Gasteiger partial charge in [0.25, 0.3) is 0 Å². The van der Waals surface area contributed by atoms with E-state index in [9.17, 15) is 4.79 Å². The van der Waals surface area contributed by atoms with Gasteiger partial charge >= 0.3 is 6.03 Å². The summed E-state index contributed by atoms with van der Waals surface area (Å²) in [4.78, 5) is 13.7. The number of carbonyl (C=O) groups is 1. The fraction of sp³-hybridized carbons (Fsp3) is 0.909. The van der Waals surface area contributed by atoms with Crippen LogP contribution in [-0.4, -0.2) is 30.1 Å². The molecule has 1 saturated carbocycles. The first-order chi connectivity index (χ1) is 6.75. The number of hydrogen-bond acceptors (Lipinski definition) is 1. The number of hydrogen-bond donors (Lipinski definition) is 1. The largest absolute Gasteiger partial charge is 0.335 e. The highest BCUT2D eigenvalue weighted by Crippen LogP contribution is 2.20. The lowest BCUT2D eigenvalue weighted by atomic mass is 10.0. The molecule has 0 aromatic heterocycles. The molecule has 2 rings (SSSR count). The summed E-state index contributed by atoms with van der Waals surface area (Å²) in [6.07, 6.45) is 5.95. The second-order valence-corrected chi connectivity index (χ2v) is 4.75. The molecule has 1 atom stereocenters. The van der Waals surface area contributed by atoms with Crippen LogP contribution in [-0.2, 0) is 0 Å². The van der Waals surface area contributed by atoms with Gasteiger partial charge in [-0.2, -0.15) is 0 Å². The van der Waals surface area contributed by atoms with Crippen molar-refractivity contribution < 1.29 is 4.79 Å². The maximum Gasteiger partial charge on any atom is 0.317 e. The van der Waals surface area contributed by atoms with Crippen LogP contribution in [0.5, 0.6) is 0 Å². The molecule has 1 heterocycles. The lowest BCUT2D eigenvalue weighted by Gasteiger charge is -2.20. The molecule has 2 aliphatic rings. The van der Waals surface area contributed by atoms with E-state index in [1.165, 1.54) is 25.7 Å². The SMILES string of the molecule is CC1CCCN(C(=O)NC2CC2)CC1. The molecule has 80 valence electrons. The van der Waals surface area contributed by atoms with Gasteiger partial charge in [-0.15, -0.1) is 0 Å². The number of rotatable bonds is 1. The van der Waals surface area contributed by atoms with Crippen molar-refractivity contribution in [3.8, 4) is 0 Å². The van der Waals surface area contributed by atoms with Crippen molar-refractivity contribution in [3.63, 3.8) is 0 Å². The van der Waals surface area contributed by atoms with Gasteiger partial charge in [0.1, 0.15) is 0 Å². The Morgan fingerprint density at radius 2 is 2.00 bits per heavy atom. The second-order valence-electron chi connectivity index (χ2n) is 4.75. The predicted octanol–water partition coefficient (Wildman–Crippen LogP) is 1.98. The van der Waals surface area contributed by atoms with E-state index in [1.807, 2.05) is 4.90 Å². The van der Waals surface area contributed by atoms with E-state index in [2.05, 4.69) is 12.2 Å². The fourth-order valence-corrected chi connectivity index (χ4v) is 1.96. The van der Waals surface area contributed by atoms with Crippen LogP contribution in [0.4, 0.5) is 4.79 Å². The van der Waals surface area contributed by atoms with Gasteiger partial charge in [-0.3, -0.25) is 0 Å². The summed E-state index contributed by atoms with van der Waals surface area (Å²) in [5, 5.41) is 3.05. The first-order valence-electron chi connectivity index (χ1n) is 5.81. The molecule has 1 saturated heterocycles. The quantitative estimate of drug-likeness (QED) is 0.683. The van der Waals surface area contributed by atoms with Gasteiger partial charge in [-0.05, 0) is 38.0 Å². The molecule has 0 bridgehead atoms. The van der Waals surface area contributed by atoms with E-state index in [1.54, 1.807) is 0 Å². The minimum atomic E-state index is 0.168. The highest BCUT2D eigenvalue weighted by atomic mass is 16.2. The lowest BCUT2D eigenvalue weighted by molar-refractivity contribution is 0.199. The molecule has 1 aliphatic carbocycles. The standard InChI is InChI=1S/C11H20N2O/c1-9-3-2-7-13(8-6-9)11(14)12-10-4-5-10/h9-10H,2-8H2,1H3,(H,12,14). The Morgan fingerprint density at radius 1 is 1.21 bits per heavy atom. The van der Waals surface area contributed by atoms with Crippen molar-refractivity contribution >= 4 is 6.03 Å². The van der Waals surface area contributed by atoms with Crippen molar-refractivity contribution in [2.45, 2.75) is 45.1 Å². The van der Waals surface area contributed by atoms with Crippen molar-refractivity contribution in [1.82, 2.24) is 10.2 Å². The minimum absolute atomic E-state index is 0.168. The van der Waals surface area contributed by atoms with Crippen molar-refractivity contribution in [1.29, 1.82) is 0 Å². The van der Waals surface area contributed by atoms with Gasteiger partial charge in [0.15, 0.2) is 0 Å². The maximum absolute atomic E-state index is 11.7. The van der Waals surface area contributed by atoms with E-state index in [0.717, 1.165) is 25.4 Å². The molecule has 1 aliphatic heterocycles. The normalized spacial score (nSPS) is 28.4. The van der Waals surface area contributed by atoms with E-state index in [0.29, 0.717) is 6.04 Å². The Hall–Kier alpha value is -0.730. The highest BCUT2D eigenvalue weighted by molar-refractivity contribution is 5.74. The molecule has 14 heavy (non-hydrogen) atoms. The van der Waals surface area contributed by atoms with E-state index in [-0.39, 0.29) is 6.03 Å². The van der Waals surface area contributed by atoms with Crippen LogP contribution < -0.4 is 5.32 Å². The van der Waals surface area contributed by atoms with Gasteiger partial charge < -0.3 is 10.2 Å². The fourth-order valence-electron chi connectivity index (χ4n) is 1.96. The van der Waals surface area contributed by atoms with Crippen LogP contribution in [0, 0.1) is 5.92 Å². The van der Waals surface area contributed by atoms with Crippen LogP contribution in [0.2, 0.25) is 0 Å². The molecular weight excluding hydrogens is 176 g/mol. The number of amides is 2. The Labute approximate surface area is 85.8 Å². The molecule has 1 N–H and O–H groups in total. The molecule has 2 fully saturated rings. The second kappa shape index (κ2) is 4.20. The van der Waals surface area contributed by atoms with Gasteiger partial charge in [-0.1, -0.05) is 6.92 Å². The zero-order valence-electron chi connectivity index (χ0n) is 8.96. The van der Waals surface area contributed by atoms with Gasteiger partial charge in [0, 0.05) is 19.1 Å². The highest BCUT2D eigenvalue weighted by Gasteiger charge is 2.26. The van der Waals surface area contributed by atoms with E-state index >= 15 is 0 Å². The van der Waals surface area contributed by atoms with Crippen LogP contribution >= 0.6 is 0 Å². The number of urea groups is 1. The third-order valence-corrected chi connectivity index (χ3v) is 3.21. The van der Waals surface area contributed by atoms with Crippen molar-refractivity contribution in [2.75, 3.05) is 13.1 Å². The Morgan fingerprint density at radius 3 is 2.71 bits per heavy atom. The first kappa shape index (κ1) is 9.81. The molecule has 0 aromatic rings. The zero-order chi connectivity index (χ0) is 9.97. The zero-order valence-corrected chi connectivity index (χ0v) is 8.96. The van der Waals surface area contributed by atoms with Crippen LogP contribution in [0.3, 0.4) is 0 Å². The maximum atomic E-state index is 11.7. The summed E-state index contributed by atoms with van der Waals surface area (Å²) >= 11 is 0. The monoisotopic (exact) mass is 196 g/mol. The molecule has 0 radical (unpaired) electrons. The average molecular weight is 196 g/mol. The average Bonchev–Trinajstić information content (AvgIpc) is 2.93. The van der Waals surface area contributed by atoms with Crippen LogP contribution in [0.1, 0.15) is 39.0 Å². The van der Waals surface area contributed by atoms with Gasteiger partial charge in [0.2, 0.25) is 0 Å². The number of nitrogens with zero attached hydrogens (tertiary/aromatic N) is 1. The number of likely N-dealkylation sites (tertiary alicyclic amines) is 1. The molecule has 0 aromatic carbocycles. The third-order valence-electron chi connectivity index (χ3n) is 3.21. The molecule has 3 heteroatoms. The van der Waals surface area contributed by atoms with Gasteiger partial charge in [0.05, 0.1) is 0 Å². The molecule has 2 amide bonds. The number of nitrogens with one attached hydrogen (secondary N) is 1. The Bertz CT molecular complexity index is 213. The van der Waals surface area contributed by atoms with Crippen molar-refractivity contribution in [2.24, 2.45) is 5.92 Å². The van der Waals surface area contributed by atoms with Crippen LogP contribution in [0.15, 0.2) is 0 Å². The first-order valence-corrected chi connectivity index (χ1v) is 5.81. The molecular formula is C11H20N2O. The summed E-state index contributed by atoms with van der Waals surface area (Å²) in [5.41, 5.74) is 0. The summed E-state index contributed by atoms with van der Waals surface area (Å²) in [6.45, 7) is 4.17. The Kier molecular flexibility index (Phi) is 2.94. The minimum Gasteiger partial charge on any atom is -0.335 e. The molecule has 3 nitrogen and oxygen atoms in total. The van der Waals surface area contributed by atoms with E-state index in [4.69, 9.17) is 0 Å². The summed E-state index contributed by atoms with van der Waals surface area (Å²) in [7, 11) is 0. The van der Waals surface area contributed by atoms with Gasteiger partial charge in [-0.25, -0.2) is 4.79 Å². The lowest BCUT2D eigenvalue weighted by Crippen LogP contribution is -2.41. The van der Waals surface area contributed by atoms with Crippen molar-refractivity contribution in [3.05, 3.63) is 0 Å². The third kappa shape index (κ3) is 2.63. The topological polar surface area (TPSA) is 32.3 Å². The predicted molar refractivity (Wildman–Crippen MR) is 56.1 cm³/mol. The van der Waals surface area contributed by atoms with E-state index < -0.39 is 0 Å².